The Morgan fingerprint density at radius 1 is 1.10 bits per heavy atom. The minimum Gasteiger partial charge on any atom is -0.361 e. The zero-order valence-corrected chi connectivity index (χ0v) is 16.7. The van der Waals surface area contributed by atoms with E-state index >= 15 is 0 Å². The van der Waals surface area contributed by atoms with Crippen LogP contribution in [0.5, 0.6) is 0 Å². The van der Waals surface area contributed by atoms with Crippen molar-refractivity contribution in [2.75, 3.05) is 13.1 Å². The van der Waals surface area contributed by atoms with Gasteiger partial charge in [-0.3, -0.25) is 14.8 Å². The quantitative estimate of drug-likeness (QED) is 0.627. The van der Waals surface area contributed by atoms with Gasteiger partial charge in [-0.2, -0.15) is 0 Å². The summed E-state index contributed by atoms with van der Waals surface area (Å²) in [6, 6.07) is 9.87. The Balaban J connectivity index is 1.36. The van der Waals surface area contributed by atoms with Gasteiger partial charge in [0.1, 0.15) is 5.76 Å². The van der Waals surface area contributed by atoms with Crippen molar-refractivity contribution in [3.05, 3.63) is 71.5 Å². The normalized spacial score (nSPS) is 15.2. The summed E-state index contributed by atoms with van der Waals surface area (Å²) >= 11 is 0. The van der Waals surface area contributed by atoms with Gasteiger partial charge in [0.25, 0.3) is 0 Å². The van der Waals surface area contributed by atoms with E-state index in [9.17, 15) is 4.79 Å². The van der Waals surface area contributed by atoms with E-state index < -0.39 is 0 Å². The van der Waals surface area contributed by atoms with E-state index in [-0.39, 0.29) is 5.91 Å². The number of carbonyl (C=O) groups is 1. The molecule has 1 fully saturated rings. The average molecular weight is 388 g/mol. The fourth-order valence-electron chi connectivity index (χ4n) is 3.76. The van der Waals surface area contributed by atoms with E-state index in [1.165, 1.54) is 0 Å². The monoisotopic (exact) mass is 388 g/mol. The van der Waals surface area contributed by atoms with Gasteiger partial charge in [-0.05, 0) is 38.3 Å². The number of benzene rings is 1. The molecule has 1 amide bonds. The van der Waals surface area contributed by atoms with Crippen molar-refractivity contribution < 1.29 is 9.32 Å². The van der Waals surface area contributed by atoms with Crippen molar-refractivity contribution in [3.63, 3.8) is 0 Å². The number of piperidine rings is 1. The van der Waals surface area contributed by atoms with E-state index in [2.05, 4.69) is 15.1 Å². The maximum atomic E-state index is 12.5. The highest BCUT2D eigenvalue weighted by Gasteiger charge is 2.24. The molecule has 148 valence electrons. The fraction of sp³-hybridized carbons (Fsp3) is 0.304. The standard InChI is InChI=1S/C23H24N4O2/c1-16-23(17(2)29-26-16)21-15-24-20(14-25-21)19-10-12-27(13-11-19)22(28)9-8-18-6-4-3-5-7-18/h3-9,14-15,19H,10-13H2,1-2H3/b9-8+. The van der Waals surface area contributed by atoms with Gasteiger partial charge in [0.15, 0.2) is 0 Å². The maximum absolute atomic E-state index is 12.5. The Bertz CT molecular complexity index is 982. The van der Waals surface area contributed by atoms with Crippen molar-refractivity contribution in [3.8, 4) is 11.3 Å². The first-order chi connectivity index (χ1) is 14.1. The van der Waals surface area contributed by atoms with E-state index in [4.69, 9.17) is 4.52 Å². The SMILES string of the molecule is Cc1noc(C)c1-c1cnc(C2CCN(C(=O)/C=C/c3ccccc3)CC2)cn1. The van der Waals surface area contributed by atoms with Gasteiger partial charge in [0.2, 0.25) is 5.91 Å². The third-order valence-electron chi connectivity index (χ3n) is 5.40. The van der Waals surface area contributed by atoms with Crippen LogP contribution in [0.15, 0.2) is 53.3 Å². The number of amides is 1. The van der Waals surface area contributed by atoms with Crippen LogP contribution >= 0.6 is 0 Å². The molecule has 1 saturated heterocycles. The number of rotatable bonds is 4. The van der Waals surface area contributed by atoms with Crippen LogP contribution in [-0.4, -0.2) is 39.0 Å². The second-order valence-corrected chi connectivity index (χ2v) is 7.37. The molecule has 3 aromatic rings. The van der Waals surface area contributed by atoms with Gasteiger partial charge in [0, 0.05) is 31.3 Å². The summed E-state index contributed by atoms with van der Waals surface area (Å²) in [5, 5.41) is 3.98. The minimum atomic E-state index is 0.0622. The van der Waals surface area contributed by atoms with Crippen LogP contribution in [0.1, 0.15) is 41.5 Å². The first-order valence-electron chi connectivity index (χ1n) is 9.89. The molecule has 6 nitrogen and oxygen atoms in total. The van der Waals surface area contributed by atoms with Crippen LogP contribution in [0.3, 0.4) is 0 Å². The minimum absolute atomic E-state index is 0.0622. The van der Waals surface area contributed by atoms with E-state index in [0.717, 1.165) is 59.9 Å². The maximum Gasteiger partial charge on any atom is 0.246 e. The third kappa shape index (κ3) is 4.26. The third-order valence-corrected chi connectivity index (χ3v) is 5.40. The lowest BCUT2D eigenvalue weighted by atomic mass is 9.93. The summed E-state index contributed by atoms with van der Waals surface area (Å²) in [4.78, 5) is 23.6. The molecule has 2 aromatic heterocycles. The Kier molecular flexibility index (Phi) is 5.51. The van der Waals surface area contributed by atoms with Crippen molar-refractivity contribution in [2.24, 2.45) is 0 Å². The van der Waals surface area contributed by atoms with E-state index in [1.807, 2.05) is 61.4 Å². The Hall–Kier alpha value is -3.28. The average Bonchev–Trinajstić information content (AvgIpc) is 3.11. The second-order valence-electron chi connectivity index (χ2n) is 7.37. The highest BCUT2D eigenvalue weighted by atomic mass is 16.5. The lowest BCUT2D eigenvalue weighted by Gasteiger charge is -2.31. The Morgan fingerprint density at radius 3 is 2.48 bits per heavy atom. The molecule has 1 aliphatic rings. The fourth-order valence-corrected chi connectivity index (χ4v) is 3.76. The number of hydrogen-bond acceptors (Lipinski definition) is 5. The van der Waals surface area contributed by atoms with E-state index in [0.29, 0.717) is 5.92 Å². The lowest BCUT2D eigenvalue weighted by Crippen LogP contribution is -2.37. The van der Waals surface area contributed by atoms with Gasteiger partial charge < -0.3 is 9.42 Å². The first-order valence-corrected chi connectivity index (χ1v) is 9.89. The molecule has 0 N–H and O–H groups in total. The summed E-state index contributed by atoms with van der Waals surface area (Å²) in [5.74, 6) is 1.13. The molecule has 3 heterocycles. The molecule has 1 aromatic carbocycles. The Labute approximate surface area is 170 Å². The van der Waals surface area contributed by atoms with Crippen LogP contribution < -0.4 is 0 Å². The zero-order chi connectivity index (χ0) is 20.2. The number of aryl methyl sites for hydroxylation is 2. The molecule has 0 atom stereocenters. The van der Waals surface area contributed by atoms with Crippen molar-refractivity contribution in [1.82, 2.24) is 20.0 Å². The van der Waals surface area contributed by atoms with Gasteiger partial charge in [-0.25, -0.2) is 0 Å². The largest absolute Gasteiger partial charge is 0.361 e. The number of nitrogens with zero attached hydrogens (tertiary/aromatic N) is 4. The molecule has 4 rings (SSSR count). The molecule has 0 unspecified atom stereocenters. The number of likely N-dealkylation sites (tertiary alicyclic amines) is 1. The van der Waals surface area contributed by atoms with Crippen LogP contribution in [0.2, 0.25) is 0 Å². The predicted molar refractivity (Wildman–Crippen MR) is 111 cm³/mol. The highest BCUT2D eigenvalue weighted by molar-refractivity contribution is 5.91. The number of hydrogen-bond donors (Lipinski definition) is 0. The van der Waals surface area contributed by atoms with Crippen molar-refractivity contribution in [1.29, 1.82) is 0 Å². The predicted octanol–water partition coefficient (Wildman–Crippen LogP) is 4.17. The van der Waals surface area contributed by atoms with Crippen LogP contribution in [-0.2, 0) is 4.79 Å². The molecule has 29 heavy (non-hydrogen) atoms. The van der Waals surface area contributed by atoms with Gasteiger partial charge >= 0.3 is 0 Å². The Morgan fingerprint density at radius 2 is 1.86 bits per heavy atom. The summed E-state index contributed by atoms with van der Waals surface area (Å²) in [6.45, 7) is 5.25. The molecule has 0 bridgehead atoms. The van der Waals surface area contributed by atoms with Gasteiger partial charge in [-0.1, -0.05) is 35.5 Å². The number of aromatic nitrogens is 3. The van der Waals surface area contributed by atoms with Gasteiger partial charge in [-0.15, -0.1) is 0 Å². The van der Waals surface area contributed by atoms with Crippen molar-refractivity contribution >= 4 is 12.0 Å². The highest BCUT2D eigenvalue weighted by Crippen LogP contribution is 2.29. The summed E-state index contributed by atoms with van der Waals surface area (Å²) in [6.07, 6.45) is 8.95. The zero-order valence-electron chi connectivity index (χ0n) is 16.7. The molecule has 0 radical (unpaired) electrons. The molecular formula is C23H24N4O2. The molecule has 0 saturated carbocycles. The number of carbonyl (C=O) groups excluding carboxylic acids is 1. The van der Waals surface area contributed by atoms with Gasteiger partial charge in [0.05, 0.1) is 28.8 Å². The lowest BCUT2D eigenvalue weighted by molar-refractivity contribution is -0.126. The first kappa shape index (κ1) is 19.1. The molecule has 0 aliphatic carbocycles. The summed E-state index contributed by atoms with van der Waals surface area (Å²) in [7, 11) is 0. The van der Waals surface area contributed by atoms with Crippen LogP contribution in [0, 0.1) is 13.8 Å². The molecule has 6 heteroatoms. The smallest absolute Gasteiger partial charge is 0.246 e. The second kappa shape index (κ2) is 8.39. The van der Waals surface area contributed by atoms with E-state index in [1.54, 1.807) is 12.3 Å². The molecular weight excluding hydrogens is 364 g/mol. The summed E-state index contributed by atoms with van der Waals surface area (Å²) < 4.78 is 5.22. The molecule has 1 aliphatic heterocycles. The molecule has 0 spiro atoms. The van der Waals surface area contributed by atoms with Crippen LogP contribution in [0.4, 0.5) is 0 Å². The topological polar surface area (TPSA) is 72.1 Å². The summed E-state index contributed by atoms with van der Waals surface area (Å²) in [5.41, 5.74) is 4.52. The van der Waals surface area contributed by atoms with Crippen molar-refractivity contribution in [2.45, 2.75) is 32.6 Å². The van der Waals surface area contributed by atoms with Crippen LogP contribution in [0.25, 0.3) is 17.3 Å².